The van der Waals surface area contributed by atoms with Crippen LogP contribution in [-0.4, -0.2) is 73.4 Å². The Kier molecular flexibility index (Phi) is 7.49. The van der Waals surface area contributed by atoms with Gasteiger partial charge in [-0.1, -0.05) is 0 Å². The zero-order chi connectivity index (χ0) is 12.1. The molecule has 2 aliphatic rings. The fraction of sp³-hybridized carbons (Fsp3) is 1.00. The molecule has 0 radical (unpaired) electrons. The van der Waals surface area contributed by atoms with Crippen LogP contribution in [0.4, 0.5) is 0 Å². The van der Waals surface area contributed by atoms with Gasteiger partial charge >= 0.3 is 0 Å². The zero-order valence-electron chi connectivity index (χ0n) is 11.5. The second kappa shape index (κ2) is 8.33. The van der Waals surface area contributed by atoms with Crippen molar-refractivity contribution in [2.24, 2.45) is 5.92 Å². The van der Waals surface area contributed by atoms with E-state index in [1.165, 1.54) is 45.6 Å². The zero-order valence-corrected chi connectivity index (χ0v) is 12.3. The number of hydrogen-bond acceptors (Lipinski definition) is 4. The van der Waals surface area contributed by atoms with Crippen LogP contribution in [0.3, 0.4) is 0 Å². The number of piperidine rings is 1. The monoisotopic (exact) mass is 277 g/mol. The summed E-state index contributed by atoms with van der Waals surface area (Å²) in [4.78, 5) is 4.98. The molecule has 0 aromatic rings. The summed E-state index contributed by atoms with van der Waals surface area (Å²) in [5.74, 6) is 0.902. The average molecular weight is 278 g/mol. The van der Waals surface area contributed by atoms with Gasteiger partial charge in [0.15, 0.2) is 0 Å². The fourth-order valence-electron chi connectivity index (χ4n) is 2.96. The quantitative estimate of drug-likeness (QED) is 0.781. The van der Waals surface area contributed by atoms with Crippen LogP contribution < -0.4 is 5.32 Å². The third kappa shape index (κ3) is 5.41. The Labute approximate surface area is 117 Å². The van der Waals surface area contributed by atoms with Crippen LogP contribution in [-0.2, 0) is 0 Å². The van der Waals surface area contributed by atoms with Gasteiger partial charge in [-0.05, 0) is 38.8 Å². The minimum absolute atomic E-state index is 0. The molecule has 0 bridgehead atoms. The van der Waals surface area contributed by atoms with E-state index in [1.54, 1.807) is 0 Å². The van der Waals surface area contributed by atoms with Gasteiger partial charge in [0.1, 0.15) is 0 Å². The summed E-state index contributed by atoms with van der Waals surface area (Å²) >= 11 is 0. The van der Waals surface area contributed by atoms with E-state index in [4.69, 9.17) is 0 Å². The Bertz CT molecular complexity index is 214. The van der Waals surface area contributed by atoms with Gasteiger partial charge in [0.05, 0.1) is 6.10 Å². The molecule has 0 unspecified atom stereocenters. The largest absolute Gasteiger partial charge is 0.392 e. The number of piperazine rings is 1. The second-order valence-corrected chi connectivity index (χ2v) is 5.64. The number of nitrogens with zero attached hydrogens (tertiary/aromatic N) is 2. The lowest BCUT2D eigenvalue weighted by molar-refractivity contribution is 0.0718. The van der Waals surface area contributed by atoms with Gasteiger partial charge < -0.3 is 15.3 Å². The number of halogens is 1. The summed E-state index contributed by atoms with van der Waals surface area (Å²) in [5, 5.41) is 12.8. The number of hydrogen-bond donors (Lipinski definition) is 2. The molecule has 4 nitrogen and oxygen atoms in total. The highest BCUT2D eigenvalue weighted by Gasteiger charge is 2.21. The van der Waals surface area contributed by atoms with E-state index in [9.17, 15) is 5.11 Å². The molecule has 0 aromatic heterocycles. The normalized spacial score (nSPS) is 25.7. The van der Waals surface area contributed by atoms with Crippen molar-refractivity contribution in [3.05, 3.63) is 0 Å². The van der Waals surface area contributed by atoms with Gasteiger partial charge in [-0.25, -0.2) is 0 Å². The third-order valence-electron chi connectivity index (χ3n) is 3.96. The summed E-state index contributed by atoms with van der Waals surface area (Å²) < 4.78 is 0. The molecule has 0 amide bonds. The highest BCUT2D eigenvalue weighted by Crippen LogP contribution is 2.14. The molecule has 0 aromatic carbocycles. The molecule has 0 aliphatic carbocycles. The molecule has 0 spiro atoms. The Morgan fingerprint density at radius 3 is 2.22 bits per heavy atom. The van der Waals surface area contributed by atoms with Gasteiger partial charge in [0, 0.05) is 39.3 Å². The average Bonchev–Trinajstić information content (AvgIpc) is 2.32. The molecule has 2 N–H and O–H groups in total. The van der Waals surface area contributed by atoms with Crippen molar-refractivity contribution in [2.45, 2.75) is 25.9 Å². The molecule has 0 saturated carbocycles. The van der Waals surface area contributed by atoms with Crippen molar-refractivity contribution in [1.29, 1.82) is 0 Å². The Hall–Kier alpha value is 0.130. The summed E-state index contributed by atoms with van der Waals surface area (Å²) in [5.41, 5.74) is 0. The van der Waals surface area contributed by atoms with Crippen molar-refractivity contribution in [3.63, 3.8) is 0 Å². The predicted molar refractivity (Wildman–Crippen MR) is 77.4 cm³/mol. The first-order chi connectivity index (χ1) is 8.24. The van der Waals surface area contributed by atoms with E-state index in [-0.39, 0.29) is 18.5 Å². The molecule has 5 heteroatoms. The van der Waals surface area contributed by atoms with E-state index < -0.39 is 0 Å². The van der Waals surface area contributed by atoms with Crippen molar-refractivity contribution >= 4 is 12.4 Å². The third-order valence-corrected chi connectivity index (χ3v) is 3.96. The van der Waals surface area contributed by atoms with Crippen LogP contribution in [0.1, 0.15) is 19.8 Å². The van der Waals surface area contributed by atoms with Crippen LogP contribution >= 0.6 is 12.4 Å². The summed E-state index contributed by atoms with van der Waals surface area (Å²) in [7, 11) is 0. The number of β-amino-alcohol motifs (C(OH)–C–C–N with tert-alkyl or cyclic N) is 1. The molecule has 108 valence electrons. The van der Waals surface area contributed by atoms with Gasteiger partial charge in [0.2, 0.25) is 0 Å². The number of rotatable bonds is 4. The topological polar surface area (TPSA) is 38.7 Å². The maximum Gasteiger partial charge on any atom is 0.0639 e. The van der Waals surface area contributed by atoms with Crippen molar-refractivity contribution < 1.29 is 5.11 Å². The SMILES string of the molecule is C[C@@H](O)CN1CCN(CC2CCNCC2)CC1.Cl. The lowest BCUT2D eigenvalue weighted by Crippen LogP contribution is -2.49. The molecule has 2 heterocycles. The van der Waals surface area contributed by atoms with Crippen LogP contribution in [0.25, 0.3) is 0 Å². The molecular weight excluding hydrogens is 250 g/mol. The van der Waals surface area contributed by atoms with Crippen LogP contribution in [0.5, 0.6) is 0 Å². The lowest BCUT2D eigenvalue weighted by Gasteiger charge is -2.37. The smallest absolute Gasteiger partial charge is 0.0639 e. The standard InChI is InChI=1S/C13H27N3O.ClH/c1-12(17)10-15-6-8-16(9-7-15)11-13-2-4-14-5-3-13;/h12-14,17H,2-11H2,1H3;1H/t12-;/m1./s1. The van der Waals surface area contributed by atoms with Gasteiger partial charge in [-0.15, -0.1) is 12.4 Å². The Balaban J connectivity index is 0.00000162. The van der Waals surface area contributed by atoms with Gasteiger partial charge in [-0.3, -0.25) is 4.90 Å². The minimum atomic E-state index is -0.189. The maximum atomic E-state index is 9.37. The van der Waals surface area contributed by atoms with E-state index in [0.717, 1.165) is 25.6 Å². The molecule has 2 saturated heterocycles. The first kappa shape index (κ1) is 16.2. The second-order valence-electron chi connectivity index (χ2n) is 5.64. The lowest BCUT2D eigenvalue weighted by atomic mass is 9.97. The van der Waals surface area contributed by atoms with Gasteiger partial charge in [-0.2, -0.15) is 0 Å². The maximum absolute atomic E-state index is 9.37. The minimum Gasteiger partial charge on any atom is -0.392 e. The summed E-state index contributed by atoms with van der Waals surface area (Å²) in [6.45, 7) is 11.0. The van der Waals surface area contributed by atoms with Crippen molar-refractivity contribution in [3.8, 4) is 0 Å². The van der Waals surface area contributed by atoms with E-state index >= 15 is 0 Å². The molecule has 1 atom stereocenters. The molecule has 18 heavy (non-hydrogen) atoms. The van der Waals surface area contributed by atoms with Crippen molar-refractivity contribution in [2.75, 3.05) is 52.4 Å². The van der Waals surface area contributed by atoms with Crippen LogP contribution in [0, 0.1) is 5.92 Å². The Morgan fingerprint density at radius 2 is 1.67 bits per heavy atom. The molecule has 2 fully saturated rings. The van der Waals surface area contributed by atoms with Gasteiger partial charge in [0.25, 0.3) is 0 Å². The van der Waals surface area contributed by atoms with Crippen LogP contribution in [0.2, 0.25) is 0 Å². The highest BCUT2D eigenvalue weighted by atomic mass is 35.5. The number of aliphatic hydroxyl groups excluding tert-OH is 1. The number of nitrogens with one attached hydrogen (secondary N) is 1. The molecule has 2 rings (SSSR count). The predicted octanol–water partition coefficient (Wildman–Crippen LogP) is 0.406. The molecule has 2 aliphatic heterocycles. The first-order valence-corrected chi connectivity index (χ1v) is 7.07. The first-order valence-electron chi connectivity index (χ1n) is 7.07. The van der Waals surface area contributed by atoms with Crippen LogP contribution in [0.15, 0.2) is 0 Å². The van der Waals surface area contributed by atoms with E-state index in [2.05, 4.69) is 15.1 Å². The number of aliphatic hydroxyl groups is 1. The Morgan fingerprint density at radius 1 is 1.11 bits per heavy atom. The fourth-order valence-corrected chi connectivity index (χ4v) is 2.96. The van der Waals surface area contributed by atoms with E-state index in [1.807, 2.05) is 6.92 Å². The van der Waals surface area contributed by atoms with E-state index in [0.29, 0.717) is 0 Å². The summed E-state index contributed by atoms with van der Waals surface area (Å²) in [6.07, 6.45) is 2.49. The molecular formula is C13H28ClN3O. The highest BCUT2D eigenvalue weighted by molar-refractivity contribution is 5.85. The van der Waals surface area contributed by atoms with Crippen molar-refractivity contribution in [1.82, 2.24) is 15.1 Å². The summed E-state index contributed by atoms with van der Waals surface area (Å²) in [6, 6.07) is 0.